The van der Waals surface area contributed by atoms with E-state index in [1.54, 1.807) is 24.3 Å². The summed E-state index contributed by atoms with van der Waals surface area (Å²) in [5.41, 5.74) is 6.42. The number of hydrogen-bond acceptors (Lipinski definition) is 4. The molecule has 4 N–H and O–H groups in total. The van der Waals surface area contributed by atoms with E-state index in [1.807, 2.05) is 0 Å². The van der Waals surface area contributed by atoms with Crippen molar-refractivity contribution >= 4 is 33.3 Å². The molecule has 1 aromatic carbocycles. The second kappa shape index (κ2) is 6.74. The Balaban J connectivity index is 2.80. The van der Waals surface area contributed by atoms with Crippen LogP contribution in [0.3, 0.4) is 0 Å². The second-order valence-corrected chi connectivity index (χ2v) is 6.18. The fourth-order valence-electron chi connectivity index (χ4n) is 1.44. The molecule has 106 valence electrons. The molecule has 1 aromatic rings. The highest BCUT2D eigenvalue weighted by Crippen LogP contribution is 2.14. The summed E-state index contributed by atoms with van der Waals surface area (Å²) in [5.74, 6) is -1.29. The molecule has 0 amide bonds. The lowest BCUT2D eigenvalue weighted by atomic mass is 10.1. The van der Waals surface area contributed by atoms with Gasteiger partial charge in [-0.25, -0.2) is 8.42 Å². The van der Waals surface area contributed by atoms with Gasteiger partial charge < -0.3 is 10.8 Å². The summed E-state index contributed by atoms with van der Waals surface area (Å²) in [5, 5.41) is 8.72. The molecule has 0 saturated heterocycles. The molecule has 0 bridgehead atoms. The molecule has 0 aliphatic heterocycles. The molecule has 0 radical (unpaired) electrons. The molecule has 0 aliphatic rings. The molecule has 0 aliphatic carbocycles. The Hall–Kier alpha value is -1.31. The van der Waals surface area contributed by atoms with Gasteiger partial charge in [-0.1, -0.05) is 12.1 Å². The van der Waals surface area contributed by atoms with Crippen molar-refractivity contribution in [2.24, 2.45) is 5.73 Å². The van der Waals surface area contributed by atoms with Crippen LogP contribution in [0.15, 0.2) is 24.3 Å². The van der Waals surface area contributed by atoms with Crippen molar-refractivity contribution in [3.8, 4) is 0 Å². The summed E-state index contributed by atoms with van der Waals surface area (Å²) >= 11 is 5.39. The van der Waals surface area contributed by atoms with E-state index in [9.17, 15) is 13.2 Å². The van der Waals surface area contributed by atoms with E-state index in [-0.39, 0.29) is 18.1 Å². The van der Waals surface area contributed by atoms with E-state index < -0.39 is 22.0 Å². The molecule has 0 saturated carbocycles. The number of sulfonamides is 1. The van der Waals surface area contributed by atoms with Gasteiger partial charge in [-0.3, -0.25) is 9.52 Å². The first-order valence-corrected chi connectivity index (χ1v) is 7.66. The SMILES string of the molecule is NC(Cc1cccc(NS(=O)(=O)CCCl)c1)C(=O)O. The first kappa shape index (κ1) is 15.7. The van der Waals surface area contributed by atoms with Crippen LogP contribution < -0.4 is 10.5 Å². The number of benzene rings is 1. The Morgan fingerprint density at radius 1 is 1.47 bits per heavy atom. The predicted octanol–water partition coefficient (Wildman–Crippen LogP) is 0.622. The van der Waals surface area contributed by atoms with E-state index in [1.165, 1.54) is 0 Å². The Morgan fingerprint density at radius 3 is 2.74 bits per heavy atom. The van der Waals surface area contributed by atoms with Gasteiger partial charge in [0, 0.05) is 11.6 Å². The van der Waals surface area contributed by atoms with Crippen molar-refractivity contribution in [1.82, 2.24) is 0 Å². The quantitative estimate of drug-likeness (QED) is 0.640. The van der Waals surface area contributed by atoms with Crippen molar-refractivity contribution in [1.29, 1.82) is 0 Å². The summed E-state index contributed by atoms with van der Waals surface area (Å²) in [4.78, 5) is 10.7. The third-order valence-electron chi connectivity index (χ3n) is 2.32. The number of nitrogens with one attached hydrogen (secondary N) is 1. The fraction of sp³-hybridized carbons (Fsp3) is 0.364. The largest absolute Gasteiger partial charge is 0.480 e. The summed E-state index contributed by atoms with van der Waals surface area (Å²) in [7, 11) is -3.48. The number of carboxylic acids is 1. The number of carboxylic acid groups (broad SMARTS) is 1. The number of alkyl halides is 1. The topological polar surface area (TPSA) is 109 Å². The molecule has 19 heavy (non-hydrogen) atoms. The third kappa shape index (κ3) is 5.46. The number of carbonyl (C=O) groups is 1. The van der Waals surface area contributed by atoms with Crippen LogP contribution in [0.5, 0.6) is 0 Å². The zero-order valence-corrected chi connectivity index (χ0v) is 11.6. The number of aliphatic carboxylic acids is 1. The number of halogens is 1. The van der Waals surface area contributed by atoms with E-state index in [4.69, 9.17) is 22.4 Å². The van der Waals surface area contributed by atoms with Gasteiger partial charge in [-0.2, -0.15) is 0 Å². The zero-order chi connectivity index (χ0) is 14.5. The highest BCUT2D eigenvalue weighted by Gasteiger charge is 2.13. The Bertz CT molecular complexity index is 547. The first-order valence-electron chi connectivity index (χ1n) is 5.48. The number of nitrogens with two attached hydrogens (primary N) is 1. The standard InChI is InChI=1S/C11H15ClN2O4S/c12-4-5-19(17,18)14-9-3-1-2-8(6-9)7-10(13)11(15)16/h1-3,6,10,14H,4-5,7,13H2,(H,15,16). The molecule has 0 spiro atoms. The molecule has 1 unspecified atom stereocenters. The predicted molar refractivity (Wildman–Crippen MR) is 73.9 cm³/mol. The lowest BCUT2D eigenvalue weighted by molar-refractivity contribution is -0.138. The van der Waals surface area contributed by atoms with E-state index in [0.29, 0.717) is 11.3 Å². The molecule has 6 nitrogen and oxygen atoms in total. The highest BCUT2D eigenvalue weighted by molar-refractivity contribution is 7.92. The van der Waals surface area contributed by atoms with Gasteiger partial charge in [0.25, 0.3) is 0 Å². The minimum atomic E-state index is -3.48. The van der Waals surface area contributed by atoms with Gasteiger partial charge in [-0.05, 0) is 24.1 Å². The van der Waals surface area contributed by atoms with Crippen molar-refractivity contribution < 1.29 is 18.3 Å². The van der Waals surface area contributed by atoms with Gasteiger partial charge in [-0.15, -0.1) is 11.6 Å². The number of anilines is 1. The monoisotopic (exact) mass is 306 g/mol. The molecular formula is C11H15ClN2O4S. The normalized spacial score (nSPS) is 12.9. The maximum Gasteiger partial charge on any atom is 0.320 e. The first-order chi connectivity index (χ1) is 8.84. The molecular weight excluding hydrogens is 292 g/mol. The van der Waals surface area contributed by atoms with Gasteiger partial charge in [0.2, 0.25) is 10.0 Å². The lowest BCUT2D eigenvalue weighted by Crippen LogP contribution is -2.32. The molecule has 8 heteroatoms. The smallest absolute Gasteiger partial charge is 0.320 e. The molecule has 1 atom stereocenters. The molecule has 0 aromatic heterocycles. The van der Waals surface area contributed by atoms with Crippen molar-refractivity contribution in [2.75, 3.05) is 16.4 Å². The van der Waals surface area contributed by atoms with Crippen LogP contribution in [0.1, 0.15) is 5.56 Å². The Labute approximate surface area is 116 Å². The minimum Gasteiger partial charge on any atom is -0.480 e. The van der Waals surface area contributed by atoms with Crippen molar-refractivity contribution in [2.45, 2.75) is 12.5 Å². The average Bonchev–Trinajstić information content (AvgIpc) is 2.28. The lowest BCUT2D eigenvalue weighted by Gasteiger charge is -2.10. The maximum absolute atomic E-state index is 11.5. The fourth-order valence-corrected chi connectivity index (χ4v) is 2.84. The second-order valence-electron chi connectivity index (χ2n) is 3.96. The molecule has 0 heterocycles. The van der Waals surface area contributed by atoms with Crippen molar-refractivity contribution in [3.63, 3.8) is 0 Å². The maximum atomic E-state index is 11.5. The highest BCUT2D eigenvalue weighted by atomic mass is 35.5. The third-order valence-corrected chi connectivity index (χ3v) is 4.02. The van der Waals surface area contributed by atoms with E-state index in [2.05, 4.69) is 4.72 Å². The van der Waals surface area contributed by atoms with E-state index >= 15 is 0 Å². The summed E-state index contributed by atoms with van der Waals surface area (Å²) < 4.78 is 25.4. The van der Waals surface area contributed by atoms with Gasteiger partial charge >= 0.3 is 5.97 Å². The van der Waals surface area contributed by atoms with Crippen LogP contribution in [0.25, 0.3) is 0 Å². The summed E-state index contributed by atoms with van der Waals surface area (Å²) in [6.07, 6.45) is 0.125. The van der Waals surface area contributed by atoms with Crippen LogP contribution in [-0.2, 0) is 21.2 Å². The molecule has 0 fully saturated rings. The van der Waals surface area contributed by atoms with Gasteiger partial charge in [0.1, 0.15) is 6.04 Å². The number of hydrogen-bond donors (Lipinski definition) is 3. The minimum absolute atomic E-state index is 0.00108. The summed E-state index contributed by atoms with van der Waals surface area (Å²) in [6.45, 7) is 0. The Kier molecular flexibility index (Phi) is 5.59. The van der Waals surface area contributed by atoms with Gasteiger partial charge in [0.15, 0.2) is 0 Å². The molecule has 1 rings (SSSR count). The van der Waals surface area contributed by atoms with Crippen LogP contribution >= 0.6 is 11.6 Å². The van der Waals surface area contributed by atoms with Crippen LogP contribution in [-0.4, -0.2) is 37.2 Å². The van der Waals surface area contributed by atoms with Crippen LogP contribution in [0, 0.1) is 0 Å². The van der Waals surface area contributed by atoms with Crippen LogP contribution in [0.2, 0.25) is 0 Å². The van der Waals surface area contributed by atoms with Gasteiger partial charge in [0.05, 0.1) is 5.75 Å². The summed E-state index contributed by atoms with van der Waals surface area (Å²) in [6, 6.07) is 5.41. The van der Waals surface area contributed by atoms with Crippen molar-refractivity contribution in [3.05, 3.63) is 29.8 Å². The average molecular weight is 307 g/mol. The number of rotatable bonds is 7. The van der Waals surface area contributed by atoms with E-state index in [0.717, 1.165) is 0 Å². The van der Waals surface area contributed by atoms with Crippen LogP contribution in [0.4, 0.5) is 5.69 Å². The zero-order valence-electron chi connectivity index (χ0n) is 10.0. The Morgan fingerprint density at radius 2 is 2.16 bits per heavy atom.